The minimum absolute atomic E-state index is 0.00681. The van der Waals surface area contributed by atoms with Gasteiger partial charge in [0.05, 0.1) is 6.10 Å². The van der Waals surface area contributed by atoms with E-state index >= 15 is 0 Å². The second kappa shape index (κ2) is 15.6. The zero-order valence-corrected chi connectivity index (χ0v) is 27.3. The molecule has 0 spiro atoms. The van der Waals surface area contributed by atoms with Crippen LogP contribution in [0.25, 0.3) is 0 Å². The lowest BCUT2D eigenvalue weighted by atomic mass is 9.98. The molecule has 7 atom stereocenters. The maximum atomic E-state index is 13.9. The molecule has 0 aliphatic carbocycles. The van der Waals surface area contributed by atoms with E-state index in [2.05, 4.69) is 5.32 Å². The molecule has 2 amide bonds. The minimum atomic E-state index is -1.79. The highest BCUT2D eigenvalue weighted by Crippen LogP contribution is 2.42. The Morgan fingerprint density at radius 3 is 2.08 bits per heavy atom. The number of fused-ring (bicyclic) bond motifs is 1. The average molecular weight is 673 g/mol. The van der Waals surface area contributed by atoms with Gasteiger partial charge in [-0.2, -0.15) is 0 Å². The van der Waals surface area contributed by atoms with E-state index in [1.807, 2.05) is 91.0 Å². The molecule has 49 heavy (non-hydrogen) atoms. The summed E-state index contributed by atoms with van der Waals surface area (Å²) < 4.78 is 41.0. The maximum Gasteiger partial charge on any atom is 0.410 e. The number of nitrogens with one attached hydrogen (secondary N) is 1. The van der Waals surface area contributed by atoms with Crippen molar-refractivity contribution in [3.05, 3.63) is 120 Å². The van der Waals surface area contributed by atoms with E-state index in [4.69, 9.17) is 33.2 Å². The van der Waals surface area contributed by atoms with Gasteiger partial charge in [-0.1, -0.05) is 103 Å². The monoisotopic (exact) mass is 672 g/mol. The fourth-order valence-electron chi connectivity index (χ4n) is 6.15. The van der Waals surface area contributed by atoms with Gasteiger partial charge in [0.1, 0.15) is 31.5 Å². The third-order valence-electron chi connectivity index (χ3n) is 8.54. The SMILES string of the molecule is CO[C@@H]1O[C@@H]2C[C@@H](N(Cc3ccccc3)C(=O)OCc3ccccc3)C/C=C/[C@H](NC(=O)OCc3ccccc3)C(=O)OC3(C)OC2[C@@H]1O3. The molecule has 2 fully saturated rings. The molecule has 12 nitrogen and oxygen atoms in total. The van der Waals surface area contributed by atoms with Crippen LogP contribution in [0.5, 0.6) is 0 Å². The zero-order chi connectivity index (χ0) is 34.2. The summed E-state index contributed by atoms with van der Waals surface area (Å²) in [5, 5.41) is 2.58. The van der Waals surface area contributed by atoms with Crippen molar-refractivity contribution in [3.63, 3.8) is 0 Å². The number of hydrogen-bond acceptors (Lipinski definition) is 10. The van der Waals surface area contributed by atoms with Gasteiger partial charge in [0.15, 0.2) is 6.29 Å². The van der Waals surface area contributed by atoms with Crippen LogP contribution in [0.15, 0.2) is 103 Å². The Bertz CT molecular complexity index is 1590. The van der Waals surface area contributed by atoms with E-state index in [1.54, 1.807) is 11.0 Å². The summed E-state index contributed by atoms with van der Waals surface area (Å²) >= 11 is 0. The highest BCUT2D eigenvalue weighted by Gasteiger charge is 2.59. The zero-order valence-electron chi connectivity index (χ0n) is 27.3. The summed E-state index contributed by atoms with van der Waals surface area (Å²) in [6.07, 6.45) is -0.353. The standard InChI is InChI=1S/C37H40N2O10/c1-37-47-31-30(46-34(43-2)32(31)48-37)21-28(19-12-20-29(33(40)49-37)38-35(41)44-23-26-15-8-4-9-16-26)39(22-25-13-6-3-7-14-25)36(42)45-24-27-17-10-5-11-18-27/h3-18,20,28-32,34H,19,21-24H2,1-2H3,(H,38,41)/b20-12+/t28-,29-,30+,31?,32-,34+,37?/m0/s1. The quantitative estimate of drug-likeness (QED) is 0.184. The molecule has 0 saturated carbocycles. The number of methoxy groups -OCH3 is 1. The molecular formula is C37H40N2O10. The van der Waals surface area contributed by atoms with Gasteiger partial charge in [0, 0.05) is 26.6 Å². The fourth-order valence-corrected chi connectivity index (χ4v) is 6.15. The van der Waals surface area contributed by atoms with Crippen molar-refractivity contribution in [2.75, 3.05) is 7.11 Å². The van der Waals surface area contributed by atoms with Crippen molar-refractivity contribution >= 4 is 18.2 Å². The van der Waals surface area contributed by atoms with Gasteiger partial charge in [0.2, 0.25) is 0 Å². The van der Waals surface area contributed by atoms with Crippen LogP contribution in [-0.4, -0.2) is 72.8 Å². The van der Waals surface area contributed by atoms with Gasteiger partial charge >= 0.3 is 24.1 Å². The van der Waals surface area contributed by atoms with E-state index < -0.39 is 60.8 Å². The Kier molecular flexibility index (Phi) is 10.9. The summed E-state index contributed by atoms with van der Waals surface area (Å²) in [7, 11) is 1.49. The summed E-state index contributed by atoms with van der Waals surface area (Å²) in [5.74, 6) is -2.62. The number of hydrogen-bond donors (Lipinski definition) is 1. The average Bonchev–Trinajstić information content (AvgIpc) is 3.62. The van der Waals surface area contributed by atoms with Crippen molar-refractivity contribution in [1.29, 1.82) is 0 Å². The molecule has 3 heterocycles. The number of alkyl carbamates (subject to hydrolysis) is 1. The normalized spacial score (nSPS) is 28.3. The molecule has 3 aliphatic rings. The summed E-state index contributed by atoms with van der Waals surface area (Å²) in [4.78, 5) is 41.9. The first-order chi connectivity index (χ1) is 23.8. The molecule has 0 aromatic heterocycles. The molecule has 3 aliphatic heterocycles. The lowest BCUT2D eigenvalue weighted by Crippen LogP contribution is -2.47. The molecule has 2 saturated heterocycles. The highest BCUT2D eigenvalue weighted by atomic mass is 16.9. The minimum Gasteiger partial charge on any atom is -0.445 e. The lowest BCUT2D eigenvalue weighted by molar-refractivity contribution is -0.336. The van der Waals surface area contributed by atoms with Crippen LogP contribution in [0.2, 0.25) is 0 Å². The Morgan fingerprint density at radius 1 is 0.857 bits per heavy atom. The third kappa shape index (κ3) is 8.65. The number of nitrogens with zero attached hydrogens (tertiary/aromatic N) is 1. The highest BCUT2D eigenvalue weighted by molar-refractivity contribution is 5.83. The number of carbonyl (C=O) groups is 3. The molecule has 2 unspecified atom stereocenters. The van der Waals surface area contributed by atoms with Crippen molar-refractivity contribution in [2.45, 2.75) is 82.2 Å². The lowest BCUT2D eigenvalue weighted by Gasteiger charge is -2.34. The van der Waals surface area contributed by atoms with E-state index in [9.17, 15) is 14.4 Å². The molecular weight excluding hydrogens is 632 g/mol. The van der Waals surface area contributed by atoms with Gasteiger partial charge in [0.25, 0.3) is 0 Å². The summed E-state index contributed by atoms with van der Waals surface area (Å²) in [5.41, 5.74) is 2.53. The second-order valence-electron chi connectivity index (χ2n) is 12.1. The predicted octanol–water partition coefficient (Wildman–Crippen LogP) is 5.21. The Morgan fingerprint density at radius 2 is 1.45 bits per heavy atom. The molecule has 2 bridgehead atoms. The van der Waals surface area contributed by atoms with Gasteiger partial charge in [-0.25, -0.2) is 14.4 Å². The Labute approximate surface area is 284 Å². The summed E-state index contributed by atoms with van der Waals surface area (Å²) in [6, 6.07) is 26.4. The number of carbonyl (C=O) groups excluding carboxylic acids is 3. The van der Waals surface area contributed by atoms with Crippen molar-refractivity contribution in [1.82, 2.24) is 10.2 Å². The van der Waals surface area contributed by atoms with Crippen molar-refractivity contribution < 1.29 is 47.5 Å². The van der Waals surface area contributed by atoms with E-state index in [0.29, 0.717) is 6.42 Å². The van der Waals surface area contributed by atoms with Crippen LogP contribution < -0.4 is 5.32 Å². The van der Waals surface area contributed by atoms with Crippen molar-refractivity contribution in [3.8, 4) is 0 Å². The number of amides is 2. The molecule has 1 N–H and O–H groups in total. The molecule has 0 radical (unpaired) electrons. The molecule has 3 aromatic rings. The number of ether oxygens (including phenoxy) is 7. The number of benzene rings is 3. The van der Waals surface area contributed by atoms with Gasteiger partial charge in [-0.05, 0) is 29.5 Å². The van der Waals surface area contributed by atoms with Crippen LogP contribution in [0.1, 0.15) is 36.5 Å². The van der Waals surface area contributed by atoms with Crippen LogP contribution in [0.3, 0.4) is 0 Å². The topological polar surface area (TPSA) is 131 Å². The van der Waals surface area contributed by atoms with Crippen molar-refractivity contribution in [2.24, 2.45) is 0 Å². The largest absolute Gasteiger partial charge is 0.445 e. The first-order valence-corrected chi connectivity index (χ1v) is 16.2. The van der Waals surface area contributed by atoms with Crippen LogP contribution in [0, 0.1) is 0 Å². The first-order valence-electron chi connectivity index (χ1n) is 16.2. The summed E-state index contributed by atoms with van der Waals surface area (Å²) in [6.45, 7) is 1.81. The molecule has 3 aromatic carbocycles. The first kappa shape index (κ1) is 34.1. The van der Waals surface area contributed by atoms with Crippen LogP contribution in [0.4, 0.5) is 9.59 Å². The smallest absolute Gasteiger partial charge is 0.410 e. The van der Waals surface area contributed by atoms with Gasteiger partial charge in [-0.15, -0.1) is 0 Å². The maximum absolute atomic E-state index is 13.9. The Hall–Kier alpha value is -4.75. The molecule has 12 heteroatoms. The number of esters is 1. The molecule has 6 rings (SSSR count). The predicted molar refractivity (Wildman–Crippen MR) is 174 cm³/mol. The third-order valence-corrected chi connectivity index (χ3v) is 8.54. The second-order valence-corrected chi connectivity index (χ2v) is 12.1. The van der Waals surface area contributed by atoms with E-state index in [0.717, 1.165) is 16.7 Å². The Balaban J connectivity index is 1.28. The number of rotatable bonds is 9. The van der Waals surface area contributed by atoms with Gasteiger partial charge in [-0.3, -0.25) is 0 Å². The van der Waals surface area contributed by atoms with Crippen LogP contribution >= 0.6 is 0 Å². The van der Waals surface area contributed by atoms with E-state index in [-0.39, 0.29) is 26.2 Å². The van der Waals surface area contributed by atoms with E-state index in [1.165, 1.54) is 20.1 Å². The van der Waals surface area contributed by atoms with Gasteiger partial charge < -0.3 is 43.4 Å². The van der Waals surface area contributed by atoms with Crippen LogP contribution in [-0.2, 0) is 57.7 Å². The molecule has 258 valence electrons. The fraction of sp³-hybridized carbons (Fsp3) is 0.378.